The molecule has 0 radical (unpaired) electrons. The van der Waals surface area contributed by atoms with E-state index in [2.05, 4.69) is 118 Å². The van der Waals surface area contributed by atoms with Crippen molar-refractivity contribution in [3.05, 3.63) is 97.2 Å². The molecule has 1 unspecified atom stereocenters. The van der Waals surface area contributed by atoms with Gasteiger partial charge in [0.15, 0.2) is 6.10 Å². The minimum absolute atomic E-state index is 0.0815. The van der Waals surface area contributed by atoms with Crippen molar-refractivity contribution in [1.29, 1.82) is 0 Å². The number of esters is 3. The van der Waals surface area contributed by atoms with Crippen LogP contribution in [0.25, 0.3) is 0 Å². The number of hydrogen-bond acceptors (Lipinski definition) is 6. The Hall–Kier alpha value is -3.67. The quantitative estimate of drug-likeness (QED) is 0.0261. The summed E-state index contributed by atoms with van der Waals surface area (Å²) in [5, 5.41) is 0. The number of unbranched alkanes of at least 4 members (excludes halogenated alkanes) is 35. The van der Waals surface area contributed by atoms with Crippen LogP contribution in [0.15, 0.2) is 97.2 Å². The standard InChI is InChI=1S/C74H128O6/c1-4-7-10-13-16-19-22-25-27-28-29-30-31-32-33-34-35-36-37-38-39-40-41-42-43-44-45-46-47-50-52-55-58-61-64-67-73(76)79-70-71(69-78-72(75)66-63-60-57-54-51-48-24-21-18-15-12-9-6-3)80-74(77)68-65-62-59-56-53-49-26-23-20-17-14-11-8-5-2/h7,10,12,15-16,19,21,23-27,29-30,32-33,71H,4-6,8-9,11,13-14,17-18,20,22,28,31,34-70H2,1-3H3/b10-7-,15-12-,19-16-,24-21-,26-23-,27-25-,30-29-,33-32-. The Labute approximate surface area is 496 Å². The topological polar surface area (TPSA) is 78.9 Å². The second-order valence-corrected chi connectivity index (χ2v) is 22.7. The monoisotopic (exact) mass is 1110 g/mol. The van der Waals surface area contributed by atoms with Crippen LogP contribution in [0, 0.1) is 0 Å². The second-order valence-electron chi connectivity index (χ2n) is 22.7. The lowest BCUT2D eigenvalue weighted by molar-refractivity contribution is -0.167. The first-order valence-electron chi connectivity index (χ1n) is 34.2. The van der Waals surface area contributed by atoms with Gasteiger partial charge in [-0.1, -0.05) is 298 Å². The molecule has 0 spiro atoms. The molecule has 0 amide bonds. The molecule has 6 heteroatoms. The third kappa shape index (κ3) is 65.1. The minimum Gasteiger partial charge on any atom is -0.462 e. The maximum Gasteiger partial charge on any atom is 0.306 e. The zero-order valence-corrected chi connectivity index (χ0v) is 52.8. The van der Waals surface area contributed by atoms with Gasteiger partial charge in [-0.05, 0) is 116 Å². The number of carbonyl (C=O) groups excluding carboxylic acids is 3. The van der Waals surface area contributed by atoms with Crippen LogP contribution < -0.4 is 0 Å². The summed E-state index contributed by atoms with van der Waals surface area (Å²) in [5.74, 6) is -0.892. The first-order valence-corrected chi connectivity index (χ1v) is 34.2. The smallest absolute Gasteiger partial charge is 0.306 e. The highest BCUT2D eigenvalue weighted by molar-refractivity contribution is 5.71. The number of hydrogen-bond donors (Lipinski definition) is 0. The molecule has 460 valence electrons. The normalized spacial score (nSPS) is 12.7. The Morgan fingerprint density at radius 1 is 0.263 bits per heavy atom. The molecular weight excluding hydrogens is 985 g/mol. The fraction of sp³-hybridized carbons (Fsp3) is 0.743. The van der Waals surface area contributed by atoms with E-state index in [0.29, 0.717) is 19.3 Å². The van der Waals surface area contributed by atoms with E-state index in [1.54, 1.807) is 0 Å². The van der Waals surface area contributed by atoms with Crippen molar-refractivity contribution in [2.45, 2.75) is 341 Å². The fourth-order valence-electron chi connectivity index (χ4n) is 9.68. The van der Waals surface area contributed by atoms with E-state index in [0.717, 1.165) is 128 Å². The van der Waals surface area contributed by atoms with Crippen molar-refractivity contribution in [1.82, 2.24) is 0 Å². The zero-order chi connectivity index (χ0) is 57.8. The highest BCUT2D eigenvalue weighted by Gasteiger charge is 2.19. The molecule has 0 aromatic carbocycles. The third-order valence-electron chi connectivity index (χ3n) is 14.8. The van der Waals surface area contributed by atoms with Crippen molar-refractivity contribution >= 4 is 17.9 Å². The summed E-state index contributed by atoms with van der Waals surface area (Å²) in [6.45, 7) is 6.46. The summed E-state index contributed by atoms with van der Waals surface area (Å²) in [7, 11) is 0. The van der Waals surface area contributed by atoms with Crippen LogP contribution in [-0.2, 0) is 28.6 Å². The van der Waals surface area contributed by atoms with Crippen LogP contribution in [0.4, 0.5) is 0 Å². The van der Waals surface area contributed by atoms with Gasteiger partial charge in [-0.25, -0.2) is 0 Å². The molecule has 0 aromatic rings. The van der Waals surface area contributed by atoms with Crippen LogP contribution in [0.2, 0.25) is 0 Å². The minimum atomic E-state index is -0.786. The number of ether oxygens (including phenoxy) is 3. The first kappa shape index (κ1) is 76.3. The average molecular weight is 1110 g/mol. The van der Waals surface area contributed by atoms with Gasteiger partial charge in [-0.2, -0.15) is 0 Å². The summed E-state index contributed by atoms with van der Waals surface area (Å²) in [6.07, 6.45) is 91.6. The van der Waals surface area contributed by atoms with Gasteiger partial charge in [0.1, 0.15) is 13.2 Å². The summed E-state index contributed by atoms with van der Waals surface area (Å²) in [4.78, 5) is 38.3. The van der Waals surface area contributed by atoms with Gasteiger partial charge >= 0.3 is 17.9 Å². The molecular formula is C74H128O6. The summed E-state index contributed by atoms with van der Waals surface area (Å²) < 4.78 is 16.9. The maximum absolute atomic E-state index is 12.9. The van der Waals surface area contributed by atoms with Crippen LogP contribution in [0.5, 0.6) is 0 Å². The Morgan fingerprint density at radius 2 is 0.512 bits per heavy atom. The SMILES string of the molecule is CC/C=C\C/C=C\C/C=C\C/C=C\C/C=C\CCCCCCCCCCCCCCCCCCCCCC(=O)OCC(COC(=O)CCCCCCC/C=C\C/C=C\CCC)OC(=O)CCCCCCC/C=C\CCCCCCC. The van der Waals surface area contributed by atoms with Crippen molar-refractivity contribution in [3.8, 4) is 0 Å². The summed E-state index contributed by atoms with van der Waals surface area (Å²) in [6, 6.07) is 0. The van der Waals surface area contributed by atoms with E-state index in [9.17, 15) is 14.4 Å². The molecule has 0 bridgehead atoms. The molecule has 1 atom stereocenters. The van der Waals surface area contributed by atoms with Crippen molar-refractivity contribution in [3.63, 3.8) is 0 Å². The Bertz CT molecular complexity index is 1560. The van der Waals surface area contributed by atoms with E-state index >= 15 is 0 Å². The van der Waals surface area contributed by atoms with E-state index in [-0.39, 0.29) is 31.1 Å². The average Bonchev–Trinajstić information content (AvgIpc) is 3.46. The Morgan fingerprint density at radius 3 is 0.825 bits per heavy atom. The first-order chi connectivity index (χ1) is 39.5. The van der Waals surface area contributed by atoms with Gasteiger partial charge in [-0.3, -0.25) is 14.4 Å². The molecule has 0 heterocycles. The molecule has 0 aliphatic carbocycles. The Balaban J connectivity index is 4.10. The van der Waals surface area contributed by atoms with Gasteiger partial charge < -0.3 is 14.2 Å². The number of allylic oxidation sites excluding steroid dienone is 16. The maximum atomic E-state index is 12.9. The molecule has 0 aliphatic heterocycles. The molecule has 0 aromatic heterocycles. The van der Waals surface area contributed by atoms with E-state index in [1.165, 1.54) is 167 Å². The lowest BCUT2D eigenvalue weighted by Crippen LogP contribution is -2.30. The Kier molecular flexibility index (Phi) is 64.7. The van der Waals surface area contributed by atoms with Crippen molar-refractivity contribution < 1.29 is 28.6 Å². The van der Waals surface area contributed by atoms with Gasteiger partial charge in [0.2, 0.25) is 0 Å². The molecule has 0 aliphatic rings. The van der Waals surface area contributed by atoms with Crippen LogP contribution in [-0.4, -0.2) is 37.2 Å². The highest BCUT2D eigenvalue weighted by atomic mass is 16.6. The fourth-order valence-corrected chi connectivity index (χ4v) is 9.68. The lowest BCUT2D eigenvalue weighted by atomic mass is 10.0. The van der Waals surface area contributed by atoms with Gasteiger partial charge in [-0.15, -0.1) is 0 Å². The van der Waals surface area contributed by atoms with Crippen molar-refractivity contribution in [2.75, 3.05) is 13.2 Å². The van der Waals surface area contributed by atoms with Gasteiger partial charge in [0, 0.05) is 19.3 Å². The second kappa shape index (κ2) is 67.8. The summed E-state index contributed by atoms with van der Waals surface area (Å²) >= 11 is 0. The van der Waals surface area contributed by atoms with E-state index in [1.807, 2.05) is 0 Å². The van der Waals surface area contributed by atoms with Crippen LogP contribution in [0.1, 0.15) is 335 Å². The molecule has 0 saturated carbocycles. The largest absolute Gasteiger partial charge is 0.462 e. The molecule has 0 saturated heterocycles. The molecule has 0 N–H and O–H groups in total. The highest BCUT2D eigenvalue weighted by Crippen LogP contribution is 2.17. The van der Waals surface area contributed by atoms with E-state index in [4.69, 9.17) is 14.2 Å². The number of carbonyl (C=O) groups is 3. The third-order valence-corrected chi connectivity index (χ3v) is 14.8. The van der Waals surface area contributed by atoms with Crippen LogP contribution in [0.3, 0.4) is 0 Å². The summed E-state index contributed by atoms with van der Waals surface area (Å²) in [5.41, 5.74) is 0. The molecule has 80 heavy (non-hydrogen) atoms. The number of rotatable bonds is 62. The van der Waals surface area contributed by atoms with Gasteiger partial charge in [0.25, 0.3) is 0 Å². The molecule has 0 rings (SSSR count). The predicted octanol–water partition coefficient (Wildman–Crippen LogP) is 23.6. The van der Waals surface area contributed by atoms with Crippen molar-refractivity contribution in [2.24, 2.45) is 0 Å². The lowest BCUT2D eigenvalue weighted by Gasteiger charge is -2.18. The molecule has 0 fully saturated rings. The zero-order valence-electron chi connectivity index (χ0n) is 52.8. The van der Waals surface area contributed by atoms with Gasteiger partial charge in [0.05, 0.1) is 0 Å². The molecule has 6 nitrogen and oxygen atoms in total. The predicted molar refractivity (Wildman–Crippen MR) is 348 cm³/mol. The van der Waals surface area contributed by atoms with Crippen LogP contribution >= 0.6 is 0 Å². The van der Waals surface area contributed by atoms with E-state index < -0.39 is 6.10 Å².